The molecule has 0 spiro atoms. The average Bonchev–Trinajstić information content (AvgIpc) is 3.17. The van der Waals surface area contributed by atoms with Crippen LogP contribution in [0, 0.1) is 17.0 Å². The minimum absolute atomic E-state index is 0.00137. The van der Waals surface area contributed by atoms with Gasteiger partial charge in [-0.25, -0.2) is 0 Å². The molecule has 2 heterocycles. The summed E-state index contributed by atoms with van der Waals surface area (Å²) in [7, 11) is 0. The van der Waals surface area contributed by atoms with Crippen molar-refractivity contribution in [3.63, 3.8) is 0 Å². The van der Waals surface area contributed by atoms with Crippen molar-refractivity contribution in [2.45, 2.75) is 26.3 Å². The van der Waals surface area contributed by atoms with E-state index in [1.54, 1.807) is 18.2 Å². The quantitative estimate of drug-likeness (QED) is 0.284. The Labute approximate surface area is 197 Å². The van der Waals surface area contributed by atoms with Gasteiger partial charge in [-0.2, -0.15) is 0 Å². The van der Waals surface area contributed by atoms with Gasteiger partial charge in [0.15, 0.2) is 5.76 Å². The third-order valence-electron chi connectivity index (χ3n) is 6.17. The molecular weight excluding hydrogens is 432 g/mol. The Morgan fingerprint density at radius 1 is 1.12 bits per heavy atom. The molecule has 0 unspecified atom stereocenters. The number of benzene rings is 3. The Kier molecular flexibility index (Phi) is 5.86. The maximum Gasteiger partial charge on any atom is 0.269 e. The van der Waals surface area contributed by atoms with Crippen molar-refractivity contribution in [2.24, 2.45) is 0 Å². The molecule has 172 valence electrons. The molecule has 0 radical (unpaired) electrons. The molecule has 0 N–H and O–H groups in total. The molecule has 5 rings (SSSR count). The van der Waals surface area contributed by atoms with Gasteiger partial charge in [0, 0.05) is 25.2 Å². The highest BCUT2D eigenvalue weighted by Gasteiger charge is 2.35. The van der Waals surface area contributed by atoms with E-state index in [0.717, 1.165) is 36.3 Å². The Bertz CT molecular complexity index is 1280. The zero-order valence-corrected chi connectivity index (χ0v) is 18.8. The number of ketones is 1. The minimum atomic E-state index is -0.453. The summed E-state index contributed by atoms with van der Waals surface area (Å²) in [6.45, 7) is 3.89. The third-order valence-corrected chi connectivity index (χ3v) is 6.17. The SMILES string of the molecule is Cc1cc2c(c3c1C(=O)/C(=C/c1ccc([N+](=O)[O-])cc1)O3)CN(CCCc1ccccc1)CO2. The molecule has 3 aromatic rings. The van der Waals surface area contributed by atoms with Crippen LogP contribution in [0.25, 0.3) is 6.08 Å². The van der Waals surface area contributed by atoms with E-state index in [4.69, 9.17) is 9.47 Å². The second-order valence-electron chi connectivity index (χ2n) is 8.58. The molecule has 0 aliphatic carbocycles. The number of carbonyl (C=O) groups excluding carboxylic acids is 1. The normalized spacial score (nSPS) is 16.0. The first kappa shape index (κ1) is 21.9. The molecule has 3 aromatic carbocycles. The first-order chi connectivity index (χ1) is 16.5. The summed E-state index contributed by atoms with van der Waals surface area (Å²) in [5.74, 6) is 1.33. The van der Waals surface area contributed by atoms with E-state index in [0.29, 0.717) is 30.2 Å². The van der Waals surface area contributed by atoms with Gasteiger partial charge in [-0.1, -0.05) is 30.3 Å². The number of ether oxygens (including phenoxy) is 2. The van der Waals surface area contributed by atoms with Gasteiger partial charge in [0.2, 0.25) is 5.78 Å². The molecule has 7 nitrogen and oxygen atoms in total. The Morgan fingerprint density at radius 2 is 1.88 bits per heavy atom. The summed E-state index contributed by atoms with van der Waals surface area (Å²) < 4.78 is 12.1. The highest BCUT2D eigenvalue weighted by atomic mass is 16.6. The van der Waals surface area contributed by atoms with Gasteiger partial charge < -0.3 is 9.47 Å². The zero-order chi connectivity index (χ0) is 23.7. The number of allylic oxidation sites excluding steroid dienone is 1. The molecule has 0 atom stereocenters. The van der Waals surface area contributed by atoms with Crippen LogP contribution in [0.15, 0.2) is 66.4 Å². The predicted molar refractivity (Wildman–Crippen MR) is 128 cm³/mol. The van der Waals surface area contributed by atoms with Gasteiger partial charge in [-0.05, 0) is 60.7 Å². The van der Waals surface area contributed by atoms with Gasteiger partial charge in [-0.15, -0.1) is 0 Å². The van der Waals surface area contributed by atoms with Crippen molar-refractivity contribution in [3.8, 4) is 11.5 Å². The van der Waals surface area contributed by atoms with E-state index in [9.17, 15) is 14.9 Å². The summed E-state index contributed by atoms with van der Waals surface area (Å²) in [6, 6.07) is 18.3. The van der Waals surface area contributed by atoms with Crippen LogP contribution in [0.5, 0.6) is 11.5 Å². The fraction of sp³-hybridized carbons (Fsp3) is 0.222. The summed E-state index contributed by atoms with van der Waals surface area (Å²) in [5.41, 5.74) is 4.22. The van der Waals surface area contributed by atoms with Crippen LogP contribution in [-0.2, 0) is 13.0 Å². The number of rotatable bonds is 6. The molecule has 0 fully saturated rings. The van der Waals surface area contributed by atoms with Crippen LogP contribution in [0.1, 0.15) is 39.0 Å². The second-order valence-corrected chi connectivity index (χ2v) is 8.58. The fourth-order valence-corrected chi connectivity index (χ4v) is 4.41. The molecule has 0 aromatic heterocycles. The number of nitro benzene ring substituents is 1. The lowest BCUT2D eigenvalue weighted by Gasteiger charge is -2.30. The molecule has 2 aliphatic heterocycles. The number of hydrogen-bond acceptors (Lipinski definition) is 6. The highest BCUT2D eigenvalue weighted by molar-refractivity contribution is 6.15. The van der Waals surface area contributed by atoms with E-state index >= 15 is 0 Å². The van der Waals surface area contributed by atoms with Crippen LogP contribution in [0.4, 0.5) is 5.69 Å². The van der Waals surface area contributed by atoms with Gasteiger partial charge in [-0.3, -0.25) is 19.8 Å². The van der Waals surface area contributed by atoms with Crippen molar-refractivity contribution in [1.29, 1.82) is 0 Å². The Morgan fingerprint density at radius 3 is 2.62 bits per heavy atom. The van der Waals surface area contributed by atoms with Crippen LogP contribution < -0.4 is 9.47 Å². The lowest BCUT2D eigenvalue weighted by Crippen LogP contribution is -2.33. The fourth-order valence-electron chi connectivity index (χ4n) is 4.41. The topological polar surface area (TPSA) is 81.9 Å². The molecule has 0 saturated carbocycles. The van der Waals surface area contributed by atoms with E-state index in [2.05, 4.69) is 29.2 Å². The number of hydrogen-bond donors (Lipinski definition) is 0. The van der Waals surface area contributed by atoms with Crippen LogP contribution in [-0.4, -0.2) is 28.9 Å². The first-order valence-electron chi connectivity index (χ1n) is 11.2. The van der Waals surface area contributed by atoms with Crippen molar-refractivity contribution in [3.05, 3.63) is 104 Å². The van der Waals surface area contributed by atoms with Gasteiger partial charge >= 0.3 is 0 Å². The average molecular weight is 456 g/mol. The maximum atomic E-state index is 13.1. The molecule has 34 heavy (non-hydrogen) atoms. The number of nitro groups is 1. The van der Waals surface area contributed by atoms with Crippen molar-refractivity contribution < 1.29 is 19.2 Å². The Hall–Kier alpha value is -3.97. The summed E-state index contributed by atoms with van der Waals surface area (Å²) in [4.78, 5) is 25.8. The first-order valence-corrected chi connectivity index (χ1v) is 11.2. The number of fused-ring (bicyclic) bond motifs is 3. The molecule has 0 bridgehead atoms. The third kappa shape index (κ3) is 4.30. The second kappa shape index (κ2) is 9.11. The molecule has 0 amide bonds. The lowest BCUT2D eigenvalue weighted by atomic mass is 9.98. The van der Waals surface area contributed by atoms with Gasteiger partial charge in [0.1, 0.15) is 18.2 Å². The smallest absolute Gasteiger partial charge is 0.269 e. The molecule has 7 heteroatoms. The van der Waals surface area contributed by atoms with Crippen LogP contribution in [0.2, 0.25) is 0 Å². The van der Waals surface area contributed by atoms with E-state index in [1.165, 1.54) is 17.7 Å². The van der Waals surface area contributed by atoms with Crippen molar-refractivity contribution in [1.82, 2.24) is 4.90 Å². The lowest BCUT2D eigenvalue weighted by molar-refractivity contribution is -0.384. The van der Waals surface area contributed by atoms with Gasteiger partial charge in [0.25, 0.3) is 5.69 Å². The number of Topliss-reactive ketones (excluding diaryl/α,β-unsaturated/α-hetero) is 1. The monoisotopic (exact) mass is 456 g/mol. The molecular formula is C27H24N2O5. The summed E-state index contributed by atoms with van der Waals surface area (Å²) in [6.07, 6.45) is 3.62. The molecule has 0 saturated heterocycles. The summed E-state index contributed by atoms with van der Waals surface area (Å²) >= 11 is 0. The van der Waals surface area contributed by atoms with Crippen molar-refractivity contribution in [2.75, 3.05) is 13.3 Å². The van der Waals surface area contributed by atoms with E-state index in [-0.39, 0.29) is 17.2 Å². The molecule has 2 aliphatic rings. The highest BCUT2D eigenvalue weighted by Crippen LogP contribution is 2.44. The number of aryl methyl sites for hydroxylation is 2. The van der Waals surface area contributed by atoms with E-state index in [1.807, 2.05) is 19.1 Å². The van der Waals surface area contributed by atoms with Gasteiger partial charge in [0.05, 0.1) is 16.1 Å². The summed E-state index contributed by atoms with van der Waals surface area (Å²) in [5, 5.41) is 10.9. The van der Waals surface area contributed by atoms with E-state index < -0.39 is 4.92 Å². The maximum absolute atomic E-state index is 13.1. The minimum Gasteiger partial charge on any atom is -0.478 e. The van der Waals surface area contributed by atoms with Crippen LogP contribution in [0.3, 0.4) is 0 Å². The van der Waals surface area contributed by atoms with Crippen LogP contribution >= 0.6 is 0 Å². The predicted octanol–water partition coefficient (Wildman–Crippen LogP) is 5.30. The Balaban J connectivity index is 1.34. The largest absolute Gasteiger partial charge is 0.478 e. The number of carbonyl (C=O) groups is 1. The number of non-ortho nitro benzene ring substituents is 1. The standard InChI is InChI=1S/C27H24N2O5/c1-18-14-23-22(16-28(17-33-23)13-5-8-19-6-3-2-4-7-19)27-25(18)26(30)24(34-27)15-20-9-11-21(12-10-20)29(31)32/h2-4,6-7,9-12,14-15H,5,8,13,16-17H2,1H3/b24-15-. The number of nitrogens with zero attached hydrogens (tertiary/aromatic N) is 2. The zero-order valence-electron chi connectivity index (χ0n) is 18.8. The van der Waals surface area contributed by atoms with Crippen molar-refractivity contribution >= 4 is 17.5 Å².